The number of benzene rings is 2. The summed E-state index contributed by atoms with van der Waals surface area (Å²) < 4.78 is 15.6. The van der Waals surface area contributed by atoms with E-state index in [-0.39, 0.29) is 5.82 Å². The van der Waals surface area contributed by atoms with Crippen molar-refractivity contribution in [2.24, 2.45) is 0 Å². The Hall–Kier alpha value is -3.67. The zero-order valence-corrected chi connectivity index (χ0v) is 15.5. The predicted molar refractivity (Wildman–Crippen MR) is 109 cm³/mol. The van der Waals surface area contributed by atoms with Gasteiger partial charge in [-0.1, -0.05) is 24.3 Å². The maximum absolute atomic E-state index is 13.6. The molecule has 0 bridgehead atoms. The Balaban J connectivity index is 1.49. The molecule has 0 saturated heterocycles. The van der Waals surface area contributed by atoms with Crippen molar-refractivity contribution in [2.45, 2.75) is 13.8 Å². The molecule has 0 spiro atoms. The number of anilines is 2. The number of fused-ring (bicyclic) bond motifs is 1. The van der Waals surface area contributed by atoms with Crippen LogP contribution in [-0.2, 0) is 0 Å². The maximum atomic E-state index is 13.6. The summed E-state index contributed by atoms with van der Waals surface area (Å²) in [5.74, 6) is -0.357. The van der Waals surface area contributed by atoms with E-state index >= 15 is 0 Å². The van der Waals surface area contributed by atoms with Crippen LogP contribution in [-0.4, -0.2) is 15.4 Å². The van der Waals surface area contributed by atoms with Crippen molar-refractivity contribution in [1.82, 2.24) is 9.38 Å². The van der Waals surface area contributed by atoms with Gasteiger partial charge in [0.25, 0.3) is 0 Å². The van der Waals surface area contributed by atoms with Crippen molar-refractivity contribution < 1.29 is 9.18 Å². The van der Waals surface area contributed by atoms with Gasteiger partial charge in [0.2, 0.25) is 0 Å². The largest absolute Gasteiger partial charge is 0.323 e. The molecule has 0 unspecified atom stereocenters. The minimum atomic E-state index is -0.426. The molecule has 0 fully saturated rings. The third-order valence-corrected chi connectivity index (χ3v) is 4.63. The topological polar surface area (TPSA) is 58.4 Å². The lowest BCUT2D eigenvalue weighted by Crippen LogP contribution is -2.20. The lowest BCUT2D eigenvalue weighted by Gasteiger charge is -2.10. The van der Waals surface area contributed by atoms with Crippen molar-refractivity contribution in [3.05, 3.63) is 83.9 Å². The standard InChI is InChI=1S/C22H19FN4O/c1-14-5-4-12-27-13-20(25-21(14)27)16-8-10-17(11-9-16)24-22(28)26-19-7-3-6-18(23)15(19)2/h3-13H,1-2H3,(H2,24,26,28). The highest BCUT2D eigenvalue weighted by atomic mass is 19.1. The Bertz CT molecular complexity index is 1170. The fourth-order valence-corrected chi connectivity index (χ4v) is 3.04. The monoisotopic (exact) mass is 374 g/mol. The lowest BCUT2D eigenvalue weighted by atomic mass is 10.1. The molecule has 140 valence electrons. The average molecular weight is 374 g/mol. The number of halogens is 1. The van der Waals surface area contributed by atoms with E-state index in [9.17, 15) is 9.18 Å². The first-order valence-electron chi connectivity index (χ1n) is 8.89. The zero-order chi connectivity index (χ0) is 19.7. The smallest absolute Gasteiger partial charge is 0.308 e. The van der Waals surface area contributed by atoms with Crippen molar-refractivity contribution >= 4 is 23.1 Å². The van der Waals surface area contributed by atoms with Gasteiger partial charge in [0.15, 0.2) is 0 Å². The number of imidazole rings is 1. The van der Waals surface area contributed by atoms with Crippen LogP contribution in [0.4, 0.5) is 20.6 Å². The lowest BCUT2D eigenvalue weighted by molar-refractivity contribution is 0.262. The minimum absolute atomic E-state index is 0.357. The van der Waals surface area contributed by atoms with Crippen molar-refractivity contribution in [2.75, 3.05) is 10.6 Å². The van der Waals surface area contributed by atoms with E-state index < -0.39 is 6.03 Å². The zero-order valence-electron chi connectivity index (χ0n) is 15.5. The quantitative estimate of drug-likeness (QED) is 0.504. The van der Waals surface area contributed by atoms with Gasteiger partial charge < -0.3 is 15.0 Å². The van der Waals surface area contributed by atoms with E-state index in [2.05, 4.69) is 15.6 Å². The van der Waals surface area contributed by atoms with Crippen LogP contribution in [0.1, 0.15) is 11.1 Å². The minimum Gasteiger partial charge on any atom is -0.308 e. The number of hydrogen-bond acceptors (Lipinski definition) is 2. The van der Waals surface area contributed by atoms with Gasteiger partial charge in [-0.15, -0.1) is 0 Å². The van der Waals surface area contributed by atoms with Crippen LogP contribution in [0.15, 0.2) is 67.0 Å². The molecule has 6 heteroatoms. The molecule has 0 saturated carbocycles. The van der Waals surface area contributed by atoms with Gasteiger partial charge in [-0.3, -0.25) is 0 Å². The molecule has 2 aromatic heterocycles. The number of nitrogens with zero attached hydrogens (tertiary/aromatic N) is 2. The number of urea groups is 1. The van der Waals surface area contributed by atoms with Crippen LogP contribution in [0.5, 0.6) is 0 Å². The molecule has 0 atom stereocenters. The third kappa shape index (κ3) is 3.44. The summed E-state index contributed by atoms with van der Waals surface area (Å²) in [6.07, 6.45) is 3.94. The molecule has 2 amide bonds. The molecule has 0 aliphatic carbocycles. The highest BCUT2D eigenvalue weighted by molar-refractivity contribution is 6.00. The maximum Gasteiger partial charge on any atom is 0.323 e. The van der Waals surface area contributed by atoms with Crippen LogP contribution in [0.3, 0.4) is 0 Å². The molecule has 2 heterocycles. The number of hydrogen-bond donors (Lipinski definition) is 2. The van der Waals surface area contributed by atoms with Gasteiger partial charge in [0, 0.05) is 34.9 Å². The van der Waals surface area contributed by atoms with Gasteiger partial charge in [-0.2, -0.15) is 0 Å². The first-order valence-corrected chi connectivity index (χ1v) is 8.89. The average Bonchev–Trinajstić information content (AvgIpc) is 3.12. The molecule has 2 N–H and O–H groups in total. The van der Waals surface area contributed by atoms with Crippen molar-refractivity contribution in [3.63, 3.8) is 0 Å². The summed E-state index contributed by atoms with van der Waals surface area (Å²) in [6.45, 7) is 3.65. The Morgan fingerprint density at radius 3 is 2.54 bits per heavy atom. The third-order valence-electron chi connectivity index (χ3n) is 4.63. The van der Waals surface area contributed by atoms with Gasteiger partial charge in [0.1, 0.15) is 11.5 Å². The Kier molecular flexibility index (Phi) is 4.53. The number of carbonyl (C=O) groups excluding carboxylic acids is 1. The van der Waals surface area contributed by atoms with Gasteiger partial charge in [0.05, 0.1) is 5.69 Å². The van der Waals surface area contributed by atoms with Crippen LogP contribution < -0.4 is 10.6 Å². The van der Waals surface area contributed by atoms with E-state index in [0.717, 1.165) is 22.5 Å². The second kappa shape index (κ2) is 7.15. The number of nitrogens with one attached hydrogen (secondary N) is 2. The fourth-order valence-electron chi connectivity index (χ4n) is 3.04. The molecular formula is C22H19FN4O. The van der Waals surface area contributed by atoms with Crippen LogP contribution in [0.25, 0.3) is 16.9 Å². The van der Waals surface area contributed by atoms with Gasteiger partial charge in [-0.25, -0.2) is 14.2 Å². The normalized spacial score (nSPS) is 10.8. The van der Waals surface area contributed by atoms with E-state index in [1.807, 2.05) is 60.1 Å². The SMILES string of the molecule is Cc1c(F)cccc1NC(=O)Nc1ccc(-c2cn3cccc(C)c3n2)cc1. The van der Waals surface area contributed by atoms with Crippen molar-refractivity contribution in [1.29, 1.82) is 0 Å². The van der Waals surface area contributed by atoms with Crippen LogP contribution in [0, 0.1) is 19.7 Å². The summed E-state index contributed by atoms with van der Waals surface area (Å²) in [7, 11) is 0. The number of carbonyl (C=O) groups is 1. The summed E-state index contributed by atoms with van der Waals surface area (Å²) in [4.78, 5) is 16.9. The molecule has 0 aliphatic heterocycles. The number of aromatic nitrogens is 2. The highest BCUT2D eigenvalue weighted by Gasteiger charge is 2.09. The second-order valence-corrected chi connectivity index (χ2v) is 6.62. The van der Waals surface area contributed by atoms with E-state index in [1.54, 1.807) is 19.1 Å². The first kappa shape index (κ1) is 17.7. The number of amides is 2. The highest BCUT2D eigenvalue weighted by Crippen LogP contribution is 2.23. The Labute approximate surface area is 161 Å². The van der Waals surface area contributed by atoms with Crippen LogP contribution in [0.2, 0.25) is 0 Å². The molecule has 0 radical (unpaired) electrons. The summed E-state index contributed by atoms with van der Waals surface area (Å²) in [6, 6.07) is 15.6. The molecule has 28 heavy (non-hydrogen) atoms. The van der Waals surface area contributed by atoms with E-state index in [0.29, 0.717) is 16.9 Å². The van der Waals surface area contributed by atoms with Gasteiger partial charge >= 0.3 is 6.03 Å². The van der Waals surface area contributed by atoms with E-state index in [4.69, 9.17) is 0 Å². The molecule has 2 aromatic carbocycles. The Morgan fingerprint density at radius 2 is 1.79 bits per heavy atom. The number of aryl methyl sites for hydroxylation is 1. The molecule has 0 aliphatic rings. The number of pyridine rings is 1. The van der Waals surface area contributed by atoms with E-state index in [1.165, 1.54) is 6.07 Å². The first-order chi connectivity index (χ1) is 13.5. The number of rotatable bonds is 3. The predicted octanol–water partition coefficient (Wildman–Crippen LogP) is 5.40. The molecule has 4 rings (SSSR count). The molecule has 5 nitrogen and oxygen atoms in total. The summed E-state index contributed by atoms with van der Waals surface area (Å²) >= 11 is 0. The second-order valence-electron chi connectivity index (χ2n) is 6.62. The van der Waals surface area contributed by atoms with Crippen LogP contribution >= 0.6 is 0 Å². The summed E-state index contributed by atoms with van der Waals surface area (Å²) in [5, 5.41) is 5.42. The fraction of sp³-hybridized carbons (Fsp3) is 0.0909. The van der Waals surface area contributed by atoms with Gasteiger partial charge in [-0.05, 0) is 49.7 Å². The Morgan fingerprint density at radius 1 is 1.00 bits per heavy atom. The molecular weight excluding hydrogens is 355 g/mol. The molecule has 4 aromatic rings. The van der Waals surface area contributed by atoms with Crippen molar-refractivity contribution in [3.8, 4) is 11.3 Å². The summed E-state index contributed by atoms with van der Waals surface area (Å²) in [5.41, 5.74) is 5.32.